The fourth-order valence-corrected chi connectivity index (χ4v) is 2.99. The van der Waals surface area contributed by atoms with Crippen LogP contribution in [0.25, 0.3) is 11.3 Å². The van der Waals surface area contributed by atoms with E-state index < -0.39 is 11.9 Å². The molecule has 0 aliphatic rings. The standard InChI is InChI=1S/C23H25N3O3/c1-15(2)24-22(27)19(13-17-9-5-4-6-10-17)25-23(28)20-14-21(29-26-20)18-11-7-8-16(3)12-18/h4-12,14-15,19H,13H2,1-3H3,(H,24,27)(H,25,28)/t19-/m0/s1. The zero-order chi connectivity index (χ0) is 20.8. The van der Waals surface area contributed by atoms with Gasteiger partial charge in [-0.1, -0.05) is 59.3 Å². The molecule has 0 aliphatic heterocycles. The minimum atomic E-state index is -0.716. The van der Waals surface area contributed by atoms with Gasteiger partial charge in [-0.2, -0.15) is 0 Å². The van der Waals surface area contributed by atoms with Gasteiger partial charge in [-0.15, -0.1) is 0 Å². The molecule has 0 saturated carbocycles. The van der Waals surface area contributed by atoms with Gasteiger partial charge in [0.25, 0.3) is 5.91 Å². The number of rotatable bonds is 7. The molecule has 0 spiro atoms. The molecule has 1 aromatic heterocycles. The molecular formula is C23H25N3O3. The lowest BCUT2D eigenvalue weighted by Gasteiger charge is -2.19. The molecule has 3 rings (SSSR count). The lowest BCUT2D eigenvalue weighted by Crippen LogP contribution is -2.49. The molecule has 0 radical (unpaired) electrons. The van der Waals surface area contributed by atoms with E-state index in [4.69, 9.17) is 4.52 Å². The van der Waals surface area contributed by atoms with Crippen molar-refractivity contribution < 1.29 is 14.1 Å². The van der Waals surface area contributed by atoms with E-state index in [1.807, 2.05) is 75.4 Å². The third kappa shape index (κ3) is 5.54. The number of hydrogen-bond acceptors (Lipinski definition) is 4. The minimum Gasteiger partial charge on any atom is -0.355 e. The second-order valence-electron chi connectivity index (χ2n) is 7.32. The Morgan fingerprint density at radius 1 is 1.00 bits per heavy atom. The fourth-order valence-electron chi connectivity index (χ4n) is 2.99. The first-order valence-corrected chi connectivity index (χ1v) is 9.61. The Morgan fingerprint density at radius 2 is 1.76 bits per heavy atom. The van der Waals surface area contributed by atoms with Crippen LogP contribution in [0.5, 0.6) is 0 Å². The van der Waals surface area contributed by atoms with Crippen molar-refractivity contribution in [2.45, 2.75) is 39.3 Å². The van der Waals surface area contributed by atoms with Crippen molar-refractivity contribution in [3.8, 4) is 11.3 Å². The van der Waals surface area contributed by atoms with E-state index in [2.05, 4.69) is 15.8 Å². The molecule has 29 heavy (non-hydrogen) atoms. The van der Waals surface area contributed by atoms with Crippen LogP contribution in [0.15, 0.2) is 65.2 Å². The molecule has 0 fully saturated rings. The van der Waals surface area contributed by atoms with Gasteiger partial charge in [0, 0.05) is 24.1 Å². The van der Waals surface area contributed by atoms with Crippen molar-refractivity contribution in [1.82, 2.24) is 15.8 Å². The number of nitrogens with zero attached hydrogens (tertiary/aromatic N) is 1. The third-order valence-corrected chi connectivity index (χ3v) is 4.38. The number of aromatic nitrogens is 1. The Labute approximate surface area is 170 Å². The molecule has 0 aliphatic carbocycles. The SMILES string of the molecule is Cc1cccc(-c2cc(C(=O)N[C@@H](Cc3ccccc3)C(=O)NC(C)C)no2)c1. The highest BCUT2D eigenvalue weighted by Crippen LogP contribution is 2.21. The van der Waals surface area contributed by atoms with Crippen molar-refractivity contribution >= 4 is 11.8 Å². The van der Waals surface area contributed by atoms with Gasteiger partial charge >= 0.3 is 0 Å². The van der Waals surface area contributed by atoms with Crippen LogP contribution in [0.3, 0.4) is 0 Å². The number of carbonyl (C=O) groups is 2. The van der Waals surface area contributed by atoms with Gasteiger partial charge in [0.05, 0.1) is 0 Å². The van der Waals surface area contributed by atoms with Crippen LogP contribution in [-0.4, -0.2) is 29.1 Å². The number of nitrogens with one attached hydrogen (secondary N) is 2. The van der Waals surface area contributed by atoms with Crippen LogP contribution < -0.4 is 10.6 Å². The molecular weight excluding hydrogens is 366 g/mol. The van der Waals surface area contributed by atoms with Crippen LogP contribution in [-0.2, 0) is 11.2 Å². The molecule has 0 saturated heterocycles. The van der Waals surface area contributed by atoms with Gasteiger partial charge in [0.2, 0.25) is 5.91 Å². The van der Waals surface area contributed by atoms with E-state index in [-0.39, 0.29) is 17.6 Å². The second-order valence-corrected chi connectivity index (χ2v) is 7.32. The predicted molar refractivity (Wildman–Crippen MR) is 111 cm³/mol. The molecule has 2 N–H and O–H groups in total. The van der Waals surface area contributed by atoms with Crippen LogP contribution in [0.2, 0.25) is 0 Å². The summed E-state index contributed by atoms with van der Waals surface area (Å²) in [4.78, 5) is 25.4. The van der Waals surface area contributed by atoms with E-state index >= 15 is 0 Å². The summed E-state index contributed by atoms with van der Waals surface area (Å²) >= 11 is 0. The number of carbonyl (C=O) groups excluding carboxylic acids is 2. The van der Waals surface area contributed by atoms with Gasteiger partial charge in [-0.25, -0.2) is 0 Å². The summed E-state index contributed by atoms with van der Waals surface area (Å²) in [5.74, 6) is -0.183. The normalized spacial score (nSPS) is 11.9. The largest absolute Gasteiger partial charge is 0.355 e. The summed E-state index contributed by atoms with van der Waals surface area (Å²) < 4.78 is 5.34. The van der Waals surface area contributed by atoms with E-state index in [1.54, 1.807) is 6.07 Å². The predicted octanol–water partition coefficient (Wildman–Crippen LogP) is 3.52. The molecule has 150 valence electrons. The smallest absolute Gasteiger partial charge is 0.274 e. The number of amides is 2. The lowest BCUT2D eigenvalue weighted by atomic mass is 10.0. The molecule has 2 aromatic carbocycles. The highest BCUT2D eigenvalue weighted by Gasteiger charge is 2.24. The van der Waals surface area contributed by atoms with Crippen molar-refractivity contribution in [3.63, 3.8) is 0 Å². The third-order valence-electron chi connectivity index (χ3n) is 4.38. The lowest BCUT2D eigenvalue weighted by molar-refractivity contribution is -0.123. The van der Waals surface area contributed by atoms with E-state index in [0.29, 0.717) is 12.2 Å². The van der Waals surface area contributed by atoms with Crippen molar-refractivity contribution in [2.75, 3.05) is 0 Å². The Morgan fingerprint density at radius 3 is 2.45 bits per heavy atom. The Balaban J connectivity index is 1.76. The van der Waals surface area contributed by atoms with Gasteiger partial charge in [0.15, 0.2) is 11.5 Å². The monoisotopic (exact) mass is 391 g/mol. The zero-order valence-electron chi connectivity index (χ0n) is 16.8. The highest BCUT2D eigenvalue weighted by molar-refractivity contribution is 5.96. The van der Waals surface area contributed by atoms with E-state index in [0.717, 1.165) is 16.7 Å². The van der Waals surface area contributed by atoms with Gasteiger partial charge in [-0.3, -0.25) is 9.59 Å². The molecule has 6 nitrogen and oxygen atoms in total. The topological polar surface area (TPSA) is 84.2 Å². The number of benzene rings is 2. The fraction of sp³-hybridized carbons (Fsp3) is 0.261. The summed E-state index contributed by atoms with van der Waals surface area (Å²) in [6.07, 6.45) is 0.383. The Bertz CT molecular complexity index is 980. The van der Waals surface area contributed by atoms with E-state index in [9.17, 15) is 9.59 Å². The second kappa shape index (κ2) is 9.19. The first kappa shape index (κ1) is 20.3. The van der Waals surface area contributed by atoms with Crippen molar-refractivity contribution in [1.29, 1.82) is 0 Å². The maximum atomic E-state index is 12.7. The summed E-state index contributed by atoms with van der Waals surface area (Å²) in [6.45, 7) is 5.74. The Kier molecular flexibility index (Phi) is 6.44. The average Bonchev–Trinajstić information content (AvgIpc) is 3.18. The average molecular weight is 391 g/mol. The molecule has 3 aromatic rings. The molecule has 0 bridgehead atoms. The van der Waals surface area contributed by atoms with Crippen molar-refractivity contribution in [3.05, 3.63) is 77.5 Å². The molecule has 6 heteroatoms. The van der Waals surface area contributed by atoms with E-state index in [1.165, 1.54) is 0 Å². The van der Waals surface area contributed by atoms with Gasteiger partial charge in [0.1, 0.15) is 6.04 Å². The quantitative estimate of drug-likeness (QED) is 0.645. The number of hydrogen-bond donors (Lipinski definition) is 2. The minimum absolute atomic E-state index is 0.0300. The van der Waals surface area contributed by atoms with Crippen LogP contribution in [0.4, 0.5) is 0 Å². The first-order valence-electron chi connectivity index (χ1n) is 9.61. The zero-order valence-corrected chi connectivity index (χ0v) is 16.8. The number of aryl methyl sites for hydroxylation is 1. The van der Waals surface area contributed by atoms with Crippen LogP contribution >= 0.6 is 0 Å². The van der Waals surface area contributed by atoms with Crippen LogP contribution in [0, 0.1) is 6.92 Å². The molecule has 1 atom stereocenters. The summed E-state index contributed by atoms with van der Waals surface area (Å²) in [7, 11) is 0. The molecule has 0 unspecified atom stereocenters. The summed E-state index contributed by atoms with van der Waals surface area (Å²) in [5, 5.41) is 9.53. The maximum Gasteiger partial charge on any atom is 0.274 e. The maximum absolute atomic E-state index is 12.7. The molecule has 1 heterocycles. The van der Waals surface area contributed by atoms with Gasteiger partial charge < -0.3 is 15.2 Å². The summed E-state index contributed by atoms with van der Waals surface area (Å²) in [5.41, 5.74) is 3.02. The molecule has 2 amide bonds. The first-order chi connectivity index (χ1) is 13.9. The van der Waals surface area contributed by atoms with Crippen LogP contribution in [0.1, 0.15) is 35.5 Å². The highest BCUT2D eigenvalue weighted by atomic mass is 16.5. The van der Waals surface area contributed by atoms with Gasteiger partial charge in [-0.05, 0) is 32.4 Å². The Hall–Kier alpha value is -3.41. The summed E-state index contributed by atoms with van der Waals surface area (Å²) in [6, 6.07) is 18.2. The van der Waals surface area contributed by atoms with Crippen molar-refractivity contribution in [2.24, 2.45) is 0 Å².